The number of tetrazole rings is 1. The number of nitrogens with one attached hydrogen (secondary N) is 1. The molecule has 92 valence electrons. The van der Waals surface area contributed by atoms with Crippen molar-refractivity contribution in [3.05, 3.63) is 12.1 Å². The molecule has 7 nitrogen and oxygen atoms in total. The maximum atomic E-state index is 4.23. The normalized spacial score (nSPS) is 11.6. The van der Waals surface area contributed by atoms with Gasteiger partial charge in [-0.2, -0.15) is 0 Å². The first-order chi connectivity index (χ1) is 8.16. The molecule has 7 heteroatoms. The molecule has 0 saturated heterocycles. The summed E-state index contributed by atoms with van der Waals surface area (Å²) in [6.45, 7) is 6.15. The van der Waals surface area contributed by atoms with Gasteiger partial charge in [-0.15, -0.1) is 14.8 Å². The second kappa shape index (κ2) is 5.05. The fourth-order valence-electron chi connectivity index (χ4n) is 1.36. The van der Waals surface area contributed by atoms with Gasteiger partial charge in [-0.3, -0.25) is 0 Å². The number of fused-ring (bicyclic) bond motifs is 1. The lowest BCUT2D eigenvalue weighted by molar-refractivity contribution is 0.284. The van der Waals surface area contributed by atoms with Gasteiger partial charge < -0.3 is 10.2 Å². The van der Waals surface area contributed by atoms with E-state index in [9.17, 15) is 0 Å². The Bertz CT molecular complexity index is 478. The van der Waals surface area contributed by atoms with E-state index in [-0.39, 0.29) is 0 Å². The highest BCUT2D eigenvalue weighted by Gasteiger charge is 2.03. The standard InChI is InChI=1S/C10H17N7/c1-8(2)16(3)7-6-11-9-4-5-10-12-14-15-17(10)13-9/h4-5,8H,6-7H2,1-3H3,(H,11,13). The molecule has 2 aromatic heterocycles. The summed E-state index contributed by atoms with van der Waals surface area (Å²) in [5, 5.41) is 18.5. The molecule has 0 aromatic carbocycles. The minimum Gasteiger partial charge on any atom is -0.367 e. The van der Waals surface area contributed by atoms with Crippen LogP contribution in [0.15, 0.2) is 12.1 Å². The molecule has 0 bridgehead atoms. The van der Waals surface area contributed by atoms with Crippen molar-refractivity contribution in [2.75, 3.05) is 25.5 Å². The molecule has 17 heavy (non-hydrogen) atoms. The van der Waals surface area contributed by atoms with E-state index in [1.54, 1.807) is 0 Å². The highest BCUT2D eigenvalue weighted by molar-refractivity contribution is 5.41. The molecule has 0 aliphatic rings. The average molecular weight is 235 g/mol. The van der Waals surface area contributed by atoms with Gasteiger partial charge in [-0.25, -0.2) is 0 Å². The van der Waals surface area contributed by atoms with Crippen molar-refractivity contribution in [2.45, 2.75) is 19.9 Å². The fourth-order valence-corrected chi connectivity index (χ4v) is 1.36. The molecule has 1 N–H and O–H groups in total. The summed E-state index contributed by atoms with van der Waals surface area (Å²) in [6, 6.07) is 4.26. The van der Waals surface area contributed by atoms with Crippen LogP contribution in [0.3, 0.4) is 0 Å². The second-order valence-electron chi connectivity index (χ2n) is 4.25. The van der Waals surface area contributed by atoms with Crippen molar-refractivity contribution in [1.82, 2.24) is 30.2 Å². The number of hydrogen-bond donors (Lipinski definition) is 1. The first kappa shape index (κ1) is 11.7. The predicted octanol–water partition coefficient (Wildman–Crippen LogP) is 0.271. The SMILES string of the molecule is CC(C)N(C)CCNc1ccc2nnnn2n1. The minimum absolute atomic E-state index is 0.548. The molecular weight excluding hydrogens is 218 g/mol. The summed E-state index contributed by atoms with van der Waals surface area (Å²) in [5.41, 5.74) is 0.648. The van der Waals surface area contributed by atoms with Gasteiger partial charge in [0.25, 0.3) is 0 Å². The van der Waals surface area contributed by atoms with E-state index in [0.717, 1.165) is 18.9 Å². The van der Waals surface area contributed by atoms with Gasteiger partial charge in [0.2, 0.25) is 0 Å². The Morgan fingerprint density at radius 3 is 3.00 bits per heavy atom. The Kier molecular flexibility index (Phi) is 3.48. The third-order valence-corrected chi connectivity index (χ3v) is 2.72. The smallest absolute Gasteiger partial charge is 0.200 e. The van der Waals surface area contributed by atoms with Crippen LogP contribution in [-0.4, -0.2) is 56.3 Å². The third-order valence-electron chi connectivity index (χ3n) is 2.72. The summed E-state index contributed by atoms with van der Waals surface area (Å²) in [4.78, 5) is 2.27. The molecule has 2 aromatic rings. The van der Waals surface area contributed by atoms with E-state index in [1.165, 1.54) is 4.63 Å². The van der Waals surface area contributed by atoms with Crippen molar-refractivity contribution in [3.8, 4) is 0 Å². The number of rotatable bonds is 5. The zero-order valence-corrected chi connectivity index (χ0v) is 10.3. The molecule has 0 aliphatic heterocycles. The van der Waals surface area contributed by atoms with Gasteiger partial charge in [0.15, 0.2) is 5.65 Å². The Morgan fingerprint density at radius 2 is 2.24 bits per heavy atom. The Balaban J connectivity index is 1.90. The largest absolute Gasteiger partial charge is 0.367 e. The lowest BCUT2D eigenvalue weighted by Gasteiger charge is -2.20. The van der Waals surface area contributed by atoms with E-state index >= 15 is 0 Å². The molecule has 0 spiro atoms. The molecule has 0 fully saturated rings. The van der Waals surface area contributed by atoms with Gasteiger partial charge >= 0.3 is 0 Å². The summed E-state index contributed by atoms with van der Waals surface area (Å²) in [5.74, 6) is 0.780. The van der Waals surface area contributed by atoms with Crippen LogP contribution < -0.4 is 5.32 Å². The van der Waals surface area contributed by atoms with E-state index in [4.69, 9.17) is 0 Å². The van der Waals surface area contributed by atoms with E-state index in [0.29, 0.717) is 11.7 Å². The fraction of sp³-hybridized carbons (Fsp3) is 0.600. The highest BCUT2D eigenvalue weighted by Crippen LogP contribution is 2.02. The second-order valence-corrected chi connectivity index (χ2v) is 4.25. The lowest BCUT2D eigenvalue weighted by Crippen LogP contribution is -2.31. The van der Waals surface area contributed by atoms with Crippen LogP contribution in [0, 0.1) is 0 Å². The van der Waals surface area contributed by atoms with Crippen LogP contribution in [0.4, 0.5) is 5.82 Å². The molecule has 0 atom stereocenters. The highest BCUT2D eigenvalue weighted by atomic mass is 15.6. The summed E-state index contributed by atoms with van der Waals surface area (Å²) < 4.78 is 1.41. The molecule has 2 heterocycles. The Hall–Kier alpha value is -1.76. The maximum Gasteiger partial charge on any atom is 0.200 e. The van der Waals surface area contributed by atoms with Crippen LogP contribution in [0.25, 0.3) is 5.65 Å². The van der Waals surface area contributed by atoms with E-state index in [2.05, 4.69) is 51.7 Å². The van der Waals surface area contributed by atoms with Gasteiger partial charge in [-0.1, -0.05) is 0 Å². The van der Waals surface area contributed by atoms with Crippen LogP contribution in [0.1, 0.15) is 13.8 Å². The van der Waals surface area contributed by atoms with Gasteiger partial charge in [0.05, 0.1) is 0 Å². The third kappa shape index (κ3) is 2.88. The molecule has 0 saturated carbocycles. The van der Waals surface area contributed by atoms with Crippen LogP contribution in [0.2, 0.25) is 0 Å². The van der Waals surface area contributed by atoms with Crippen LogP contribution in [0.5, 0.6) is 0 Å². The number of likely N-dealkylation sites (N-methyl/N-ethyl adjacent to an activating group) is 1. The zero-order chi connectivity index (χ0) is 12.3. The molecular formula is C10H17N7. The Morgan fingerprint density at radius 1 is 1.41 bits per heavy atom. The molecule has 0 aliphatic carbocycles. The van der Waals surface area contributed by atoms with Crippen LogP contribution >= 0.6 is 0 Å². The quantitative estimate of drug-likeness (QED) is 0.802. The predicted molar refractivity (Wildman–Crippen MR) is 64.8 cm³/mol. The minimum atomic E-state index is 0.548. The van der Waals surface area contributed by atoms with Crippen molar-refractivity contribution in [2.24, 2.45) is 0 Å². The Labute approximate surface area is 99.8 Å². The molecule has 0 amide bonds. The van der Waals surface area contributed by atoms with Crippen LogP contribution in [-0.2, 0) is 0 Å². The van der Waals surface area contributed by atoms with Crippen molar-refractivity contribution in [1.29, 1.82) is 0 Å². The maximum absolute atomic E-state index is 4.23. The average Bonchev–Trinajstić information content (AvgIpc) is 2.75. The number of aromatic nitrogens is 5. The van der Waals surface area contributed by atoms with Crippen molar-refractivity contribution in [3.63, 3.8) is 0 Å². The topological polar surface area (TPSA) is 71.2 Å². The summed E-state index contributed by atoms with van der Waals surface area (Å²) >= 11 is 0. The van der Waals surface area contributed by atoms with Gasteiger partial charge in [0, 0.05) is 19.1 Å². The number of nitrogens with zero attached hydrogens (tertiary/aromatic N) is 6. The van der Waals surface area contributed by atoms with Crippen molar-refractivity contribution < 1.29 is 0 Å². The zero-order valence-electron chi connectivity index (χ0n) is 10.3. The summed E-state index contributed by atoms with van der Waals surface area (Å²) in [7, 11) is 2.10. The molecule has 0 unspecified atom stereocenters. The van der Waals surface area contributed by atoms with Gasteiger partial charge in [-0.05, 0) is 43.5 Å². The molecule has 2 rings (SSSR count). The van der Waals surface area contributed by atoms with Crippen molar-refractivity contribution >= 4 is 11.5 Å². The van der Waals surface area contributed by atoms with E-state index in [1.807, 2.05) is 12.1 Å². The summed E-state index contributed by atoms with van der Waals surface area (Å²) in [6.07, 6.45) is 0. The number of anilines is 1. The van der Waals surface area contributed by atoms with Gasteiger partial charge in [0.1, 0.15) is 5.82 Å². The van der Waals surface area contributed by atoms with E-state index < -0.39 is 0 Å². The molecule has 0 radical (unpaired) electrons. The lowest BCUT2D eigenvalue weighted by atomic mass is 10.3. The first-order valence-electron chi connectivity index (χ1n) is 5.66. The number of hydrogen-bond acceptors (Lipinski definition) is 6. The monoisotopic (exact) mass is 235 g/mol. The first-order valence-corrected chi connectivity index (χ1v) is 5.66.